The standard InChI is InChI=1S/C10H18N2O/c1-2-6-11-10(13)5-9-12-7-3-4-8-12/h2H,1,3-9H2,(H,11,13). The van der Waals surface area contributed by atoms with E-state index in [0.29, 0.717) is 13.0 Å². The first-order chi connectivity index (χ1) is 6.33. The fourth-order valence-electron chi connectivity index (χ4n) is 1.54. The van der Waals surface area contributed by atoms with Gasteiger partial charge in [0.2, 0.25) is 5.91 Å². The maximum absolute atomic E-state index is 11.2. The van der Waals surface area contributed by atoms with Crippen LogP contribution in [-0.4, -0.2) is 37.0 Å². The van der Waals surface area contributed by atoms with Crippen molar-refractivity contribution in [1.29, 1.82) is 0 Å². The van der Waals surface area contributed by atoms with E-state index in [9.17, 15) is 4.79 Å². The van der Waals surface area contributed by atoms with Crippen molar-refractivity contribution in [2.75, 3.05) is 26.2 Å². The van der Waals surface area contributed by atoms with Crippen LogP contribution in [0, 0.1) is 0 Å². The zero-order valence-electron chi connectivity index (χ0n) is 8.09. The summed E-state index contributed by atoms with van der Waals surface area (Å²) in [5, 5.41) is 2.77. The van der Waals surface area contributed by atoms with Gasteiger partial charge in [-0.3, -0.25) is 4.79 Å². The SMILES string of the molecule is C=CCNC(=O)CCN1CCCC1. The summed E-state index contributed by atoms with van der Waals surface area (Å²) in [7, 11) is 0. The minimum absolute atomic E-state index is 0.131. The number of hydrogen-bond donors (Lipinski definition) is 1. The largest absolute Gasteiger partial charge is 0.353 e. The maximum Gasteiger partial charge on any atom is 0.221 e. The Kier molecular flexibility index (Phi) is 4.54. The molecule has 1 aliphatic rings. The predicted octanol–water partition coefficient (Wildman–Crippen LogP) is 0.774. The Morgan fingerprint density at radius 2 is 2.15 bits per heavy atom. The highest BCUT2D eigenvalue weighted by Crippen LogP contribution is 2.06. The van der Waals surface area contributed by atoms with Crippen LogP contribution in [0.2, 0.25) is 0 Å². The molecule has 74 valence electrons. The van der Waals surface area contributed by atoms with Crippen LogP contribution in [0.15, 0.2) is 12.7 Å². The topological polar surface area (TPSA) is 32.3 Å². The lowest BCUT2D eigenvalue weighted by Crippen LogP contribution is -2.29. The van der Waals surface area contributed by atoms with E-state index in [1.165, 1.54) is 12.8 Å². The summed E-state index contributed by atoms with van der Waals surface area (Å²) in [6.07, 6.45) is 4.89. The molecule has 0 radical (unpaired) electrons. The van der Waals surface area contributed by atoms with Gasteiger partial charge in [0.25, 0.3) is 0 Å². The molecule has 0 aromatic carbocycles. The lowest BCUT2D eigenvalue weighted by molar-refractivity contribution is -0.121. The summed E-state index contributed by atoms with van der Waals surface area (Å²) >= 11 is 0. The molecule has 0 saturated carbocycles. The number of amides is 1. The van der Waals surface area contributed by atoms with E-state index >= 15 is 0 Å². The number of nitrogens with one attached hydrogen (secondary N) is 1. The summed E-state index contributed by atoms with van der Waals surface area (Å²) in [5.74, 6) is 0.131. The molecule has 1 fully saturated rings. The first-order valence-electron chi connectivity index (χ1n) is 4.93. The second kappa shape index (κ2) is 5.75. The molecule has 1 aliphatic heterocycles. The fraction of sp³-hybridized carbons (Fsp3) is 0.700. The molecule has 0 atom stereocenters. The first-order valence-corrected chi connectivity index (χ1v) is 4.93. The Morgan fingerprint density at radius 1 is 1.46 bits per heavy atom. The second-order valence-corrected chi connectivity index (χ2v) is 3.39. The lowest BCUT2D eigenvalue weighted by atomic mass is 10.3. The van der Waals surface area contributed by atoms with Crippen LogP contribution in [-0.2, 0) is 4.79 Å². The van der Waals surface area contributed by atoms with Crippen molar-refractivity contribution >= 4 is 5.91 Å². The normalized spacial score (nSPS) is 17.2. The van der Waals surface area contributed by atoms with Crippen LogP contribution in [0.4, 0.5) is 0 Å². The average Bonchev–Trinajstić information content (AvgIpc) is 2.64. The molecule has 3 nitrogen and oxygen atoms in total. The van der Waals surface area contributed by atoms with Crippen molar-refractivity contribution in [2.24, 2.45) is 0 Å². The molecule has 0 unspecified atom stereocenters. The monoisotopic (exact) mass is 182 g/mol. The van der Waals surface area contributed by atoms with E-state index in [4.69, 9.17) is 0 Å². The Labute approximate surface area is 79.8 Å². The fourth-order valence-corrected chi connectivity index (χ4v) is 1.54. The third-order valence-corrected chi connectivity index (χ3v) is 2.30. The number of rotatable bonds is 5. The van der Waals surface area contributed by atoms with Crippen LogP contribution in [0.5, 0.6) is 0 Å². The van der Waals surface area contributed by atoms with Crippen LogP contribution < -0.4 is 5.32 Å². The molecule has 0 aliphatic carbocycles. The molecule has 13 heavy (non-hydrogen) atoms. The zero-order chi connectivity index (χ0) is 9.52. The Hall–Kier alpha value is -0.830. The van der Waals surface area contributed by atoms with Crippen LogP contribution in [0.25, 0.3) is 0 Å². The quantitative estimate of drug-likeness (QED) is 0.637. The van der Waals surface area contributed by atoms with E-state index in [2.05, 4.69) is 16.8 Å². The molecule has 3 heteroatoms. The Bertz CT molecular complexity index is 174. The van der Waals surface area contributed by atoms with Crippen molar-refractivity contribution in [1.82, 2.24) is 10.2 Å². The van der Waals surface area contributed by atoms with Gasteiger partial charge < -0.3 is 10.2 Å². The molecule has 1 heterocycles. The zero-order valence-corrected chi connectivity index (χ0v) is 8.09. The minimum atomic E-state index is 0.131. The number of carbonyl (C=O) groups is 1. The van der Waals surface area contributed by atoms with Crippen molar-refractivity contribution in [3.8, 4) is 0 Å². The number of nitrogens with zero attached hydrogens (tertiary/aromatic N) is 1. The lowest BCUT2D eigenvalue weighted by Gasteiger charge is -2.13. The molecule has 1 saturated heterocycles. The van der Waals surface area contributed by atoms with Gasteiger partial charge in [0.1, 0.15) is 0 Å². The second-order valence-electron chi connectivity index (χ2n) is 3.39. The van der Waals surface area contributed by atoms with Gasteiger partial charge in [-0.1, -0.05) is 6.08 Å². The van der Waals surface area contributed by atoms with Gasteiger partial charge in [0, 0.05) is 19.5 Å². The highest BCUT2D eigenvalue weighted by Gasteiger charge is 2.11. The van der Waals surface area contributed by atoms with E-state index in [1.807, 2.05) is 0 Å². The summed E-state index contributed by atoms with van der Waals surface area (Å²) < 4.78 is 0. The van der Waals surface area contributed by atoms with Crippen molar-refractivity contribution < 1.29 is 4.79 Å². The van der Waals surface area contributed by atoms with Gasteiger partial charge in [0.15, 0.2) is 0 Å². The number of likely N-dealkylation sites (tertiary alicyclic amines) is 1. The van der Waals surface area contributed by atoms with Gasteiger partial charge in [-0.25, -0.2) is 0 Å². The first kappa shape index (κ1) is 10.3. The average molecular weight is 182 g/mol. The maximum atomic E-state index is 11.2. The van der Waals surface area contributed by atoms with Crippen molar-refractivity contribution in [2.45, 2.75) is 19.3 Å². The van der Waals surface area contributed by atoms with E-state index in [1.54, 1.807) is 6.08 Å². The molecule has 1 rings (SSSR count). The van der Waals surface area contributed by atoms with Gasteiger partial charge >= 0.3 is 0 Å². The molecule has 1 amide bonds. The van der Waals surface area contributed by atoms with Crippen LogP contribution >= 0.6 is 0 Å². The summed E-state index contributed by atoms with van der Waals surface area (Å²) in [6, 6.07) is 0. The van der Waals surface area contributed by atoms with Crippen molar-refractivity contribution in [3.63, 3.8) is 0 Å². The molecule has 0 aromatic rings. The molecular weight excluding hydrogens is 164 g/mol. The van der Waals surface area contributed by atoms with E-state index in [-0.39, 0.29) is 5.91 Å². The predicted molar refractivity (Wildman–Crippen MR) is 53.5 cm³/mol. The van der Waals surface area contributed by atoms with Crippen molar-refractivity contribution in [3.05, 3.63) is 12.7 Å². The van der Waals surface area contributed by atoms with E-state index in [0.717, 1.165) is 19.6 Å². The molecular formula is C10H18N2O. The molecule has 0 spiro atoms. The Morgan fingerprint density at radius 3 is 2.77 bits per heavy atom. The summed E-state index contributed by atoms with van der Waals surface area (Å²) in [4.78, 5) is 13.5. The smallest absolute Gasteiger partial charge is 0.221 e. The van der Waals surface area contributed by atoms with Gasteiger partial charge in [-0.05, 0) is 25.9 Å². The van der Waals surface area contributed by atoms with Gasteiger partial charge in [0.05, 0.1) is 0 Å². The van der Waals surface area contributed by atoms with Gasteiger partial charge in [-0.15, -0.1) is 6.58 Å². The summed E-state index contributed by atoms with van der Waals surface area (Å²) in [5.41, 5.74) is 0. The highest BCUT2D eigenvalue weighted by atomic mass is 16.1. The van der Waals surface area contributed by atoms with Crippen LogP contribution in [0.3, 0.4) is 0 Å². The van der Waals surface area contributed by atoms with Gasteiger partial charge in [-0.2, -0.15) is 0 Å². The summed E-state index contributed by atoms with van der Waals surface area (Å²) in [6.45, 7) is 7.36. The molecule has 0 bridgehead atoms. The third-order valence-electron chi connectivity index (χ3n) is 2.30. The minimum Gasteiger partial charge on any atom is -0.353 e. The molecule has 1 N–H and O–H groups in total. The molecule has 0 aromatic heterocycles. The van der Waals surface area contributed by atoms with E-state index < -0.39 is 0 Å². The Balaban J connectivity index is 2.03. The number of hydrogen-bond acceptors (Lipinski definition) is 2. The third kappa shape index (κ3) is 4.08. The highest BCUT2D eigenvalue weighted by molar-refractivity contribution is 5.76. The van der Waals surface area contributed by atoms with Crippen LogP contribution in [0.1, 0.15) is 19.3 Å². The number of carbonyl (C=O) groups excluding carboxylic acids is 1.